The van der Waals surface area contributed by atoms with Gasteiger partial charge in [0.25, 0.3) is 0 Å². The predicted octanol–water partition coefficient (Wildman–Crippen LogP) is 4.78. The van der Waals surface area contributed by atoms with Crippen LogP contribution in [-0.2, 0) is 9.59 Å². The number of aliphatic carboxylic acids is 1. The molecule has 2 saturated carbocycles. The molecule has 0 spiro atoms. The smallest absolute Gasteiger partial charge is 0.303 e. The van der Waals surface area contributed by atoms with Crippen molar-refractivity contribution in [1.29, 1.82) is 0 Å². The molecule has 0 amide bonds. The zero-order chi connectivity index (χ0) is 17.8. The summed E-state index contributed by atoms with van der Waals surface area (Å²) in [4.78, 5) is 22.9. The SMILES string of the molecule is C[C@]12CC[C@H]3[C@@H](C=CC4=CC(=O)CC[C@@]43C)[C@@H]1CC[C@@H]2CCC(=O)O. The Balaban J connectivity index is 1.61. The topological polar surface area (TPSA) is 54.4 Å². The van der Waals surface area contributed by atoms with Crippen LogP contribution in [0.25, 0.3) is 0 Å². The summed E-state index contributed by atoms with van der Waals surface area (Å²) < 4.78 is 0. The molecule has 4 rings (SSSR count). The number of fused-ring (bicyclic) bond motifs is 5. The van der Waals surface area contributed by atoms with E-state index < -0.39 is 5.97 Å². The van der Waals surface area contributed by atoms with Gasteiger partial charge in [0.05, 0.1) is 0 Å². The van der Waals surface area contributed by atoms with E-state index in [0.717, 1.165) is 12.8 Å². The summed E-state index contributed by atoms with van der Waals surface area (Å²) in [5.41, 5.74) is 1.71. The Morgan fingerprint density at radius 2 is 2.00 bits per heavy atom. The molecular formula is C22H30O3. The third kappa shape index (κ3) is 2.53. The second-order valence-corrected chi connectivity index (χ2v) is 9.38. The summed E-state index contributed by atoms with van der Waals surface area (Å²) >= 11 is 0. The van der Waals surface area contributed by atoms with Crippen LogP contribution >= 0.6 is 0 Å². The van der Waals surface area contributed by atoms with Gasteiger partial charge < -0.3 is 5.11 Å². The molecule has 0 saturated heterocycles. The minimum atomic E-state index is -0.660. The summed E-state index contributed by atoms with van der Waals surface area (Å²) in [5.74, 6) is 2.10. The number of carboxylic acid groups (broad SMARTS) is 1. The van der Waals surface area contributed by atoms with Crippen LogP contribution in [0.4, 0.5) is 0 Å². The third-order valence-electron chi connectivity index (χ3n) is 8.42. The van der Waals surface area contributed by atoms with Gasteiger partial charge >= 0.3 is 5.97 Å². The van der Waals surface area contributed by atoms with E-state index >= 15 is 0 Å². The molecule has 3 heteroatoms. The Labute approximate surface area is 150 Å². The molecule has 0 radical (unpaired) electrons. The number of allylic oxidation sites excluding steroid dienone is 4. The monoisotopic (exact) mass is 342 g/mol. The molecule has 0 aromatic carbocycles. The molecule has 4 aliphatic rings. The number of carbonyl (C=O) groups is 2. The Bertz CT molecular complexity index is 660. The van der Waals surface area contributed by atoms with Crippen LogP contribution in [0.2, 0.25) is 0 Å². The molecule has 2 fully saturated rings. The van der Waals surface area contributed by atoms with E-state index in [-0.39, 0.29) is 11.2 Å². The number of hydrogen-bond acceptors (Lipinski definition) is 2. The van der Waals surface area contributed by atoms with Crippen LogP contribution in [0.1, 0.15) is 65.2 Å². The standard InChI is InChI=1S/C22H30O3/c1-21-12-10-19-17(18(21)7-4-14(21)5-8-20(24)25)6-3-15-13-16(23)9-11-22(15,19)2/h3,6,13-14,17-19H,4-5,7-12H2,1-2H3,(H,24,25)/t14-,17+,18+,19+,21-,22+/m1/s1. The van der Waals surface area contributed by atoms with Gasteiger partial charge in [-0.05, 0) is 84.7 Å². The largest absolute Gasteiger partial charge is 0.481 e. The van der Waals surface area contributed by atoms with Gasteiger partial charge in [0.2, 0.25) is 0 Å². The fourth-order valence-electron chi connectivity index (χ4n) is 6.88. The van der Waals surface area contributed by atoms with Crippen molar-refractivity contribution in [1.82, 2.24) is 0 Å². The second-order valence-electron chi connectivity index (χ2n) is 9.38. The maximum Gasteiger partial charge on any atom is 0.303 e. The van der Waals surface area contributed by atoms with Crippen LogP contribution in [0, 0.1) is 34.5 Å². The first-order valence-corrected chi connectivity index (χ1v) is 9.99. The molecule has 0 aromatic heterocycles. The molecule has 0 heterocycles. The van der Waals surface area contributed by atoms with E-state index in [9.17, 15) is 9.59 Å². The summed E-state index contributed by atoms with van der Waals surface area (Å²) in [6, 6.07) is 0. The highest BCUT2D eigenvalue weighted by molar-refractivity contribution is 5.92. The number of carboxylic acids is 1. The quantitative estimate of drug-likeness (QED) is 0.803. The van der Waals surface area contributed by atoms with E-state index in [2.05, 4.69) is 26.0 Å². The molecule has 3 nitrogen and oxygen atoms in total. The first-order valence-electron chi connectivity index (χ1n) is 9.99. The first-order chi connectivity index (χ1) is 11.8. The van der Waals surface area contributed by atoms with Crippen molar-refractivity contribution in [3.8, 4) is 0 Å². The number of hydrogen-bond donors (Lipinski definition) is 1. The lowest BCUT2D eigenvalue weighted by atomic mass is 9.48. The molecule has 136 valence electrons. The average molecular weight is 342 g/mol. The molecule has 25 heavy (non-hydrogen) atoms. The van der Waals surface area contributed by atoms with Crippen molar-refractivity contribution in [2.45, 2.75) is 65.2 Å². The van der Waals surface area contributed by atoms with Gasteiger partial charge in [-0.2, -0.15) is 0 Å². The molecule has 4 aliphatic carbocycles. The molecule has 1 N–H and O–H groups in total. The van der Waals surface area contributed by atoms with Gasteiger partial charge in [-0.3, -0.25) is 9.59 Å². The normalized spacial score (nSPS) is 45.4. The van der Waals surface area contributed by atoms with E-state index in [1.165, 1.54) is 31.3 Å². The fraction of sp³-hybridized carbons (Fsp3) is 0.727. The molecule has 6 atom stereocenters. The number of carbonyl (C=O) groups excluding carboxylic acids is 1. The van der Waals surface area contributed by atoms with Crippen molar-refractivity contribution in [2.24, 2.45) is 34.5 Å². The van der Waals surface area contributed by atoms with Gasteiger partial charge in [0.15, 0.2) is 5.78 Å². The van der Waals surface area contributed by atoms with Crippen molar-refractivity contribution >= 4 is 11.8 Å². The van der Waals surface area contributed by atoms with Crippen molar-refractivity contribution in [2.75, 3.05) is 0 Å². The maximum atomic E-state index is 11.9. The zero-order valence-corrected chi connectivity index (χ0v) is 15.5. The molecule has 0 aliphatic heterocycles. The predicted molar refractivity (Wildman–Crippen MR) is 97.0 cm³/mol. The molecular weight excluding hydrogens is 312 g/mol. The summed E-state index contributed by atoms with van der Waals surface area (Å²) in [7, 11) is 0. The van der Waals surface area contributed by atoms with Gasteiger partial charge in [-0.1, -0.05) is 26.0 Å². The Morgan fingerprint density at radius 1 is 1.20 bits per heavy atom. The van der Waals surface area contributed by atoms with E-state index in [1.54, 1.807) is 0 Å². The first kappa shape index (κ1) is 17.1. The maximum absolute atomic E-state index is 11.9. The van der Waals surface area contributed by atoms with E-state index in [0.29, 0.717) is 41.9 Å². The molecule has 0 bridgehead atoms. The van der Waals surface area contributed by atoms with Crippen LogP contribution in [0.3, 0.4) is 0 Å². The van der Waals surface area contributed by atoms with Gasteiger partial charge in [0, 0.05) is 12.8 Å². The lowest BCUT2D eigenvalue weighted by Crippen LogP contribution is -2.48. The summed E-state index contributed by atoms with van der Waals surface area (Å²) in [6.07, 6.45) is 14.2. The van der Waals surface area contributed by atoms with Gasteiger partial charge in [-0.25, -0.2) is 0 Å². The van der Waals surface area contributed by atoms with Crippen molar-refractivity contribution in [3.05, 3.63) is 23.8 Å². The molecule has 0 aromatic rings. The fourth-order valence-corrected chi connectivity index (χ4v) is 6.88. The Hall–Kier alpha value is -1.38. The zero-order valence-electron chi connectivity index (χ0n) is 15.5. The summed E-state index contributed by atoms with van der Waals surface area (Å²) in [6.45, 7) is 4.81. The van der Waals surface area contributed by atoms with Gasteiger partial charge in [0.1, 0.15) is 0 Å². The van der Waals surface area contributed by atoms with Crippen LogP contribution < -0.4 is 0 Å². The minimum Gasteiger partial charge on any atom is -0.481 e. The Morgan fingerprint density at radius 3 is 2.76 bits per heavy atom. The lowest BCUT2D eigenvalue weighted by Gasteiger charge is -2.56. The number of ketones is 1. The van der Waals surface area contributed by atoms with Crippen molar-refractivity contribution < 1.29 is 14.7 Å². The molecule has 0 unspecified atom stereocenters. The van der Waals surface area contributed by atoms with E-state index in [1.807, 2.05) is 6.08 Å². The highest BCUT2D eigenvalue weighted by Crippen LogP contribution is 2.65. The van der Waals surface area contributed by atoms with Crippen LogP contribution in [0.15, 0.2) is 23.8 Å². The lowest BCUT2D eigenvalue weighted by molar-refractivity contribution is -0.137. The highest BCUT2D eigenvalue weighted by atomic mass is 16.4. The van der Waals surface area contributed by atoms with Gasteiger partial charge in [-0.15, -0.1) is 0 Å². The minimum absolute atomic E-state index is 0.161. The second kappa shape index (κ2) is 5.82. The van der Waals surface area contributed by atoms with Crippen LogP contribution in [0.5, 0.6) is 0 Å². The Kier molecular flexibility index (Phi) is 3.97. The average Bonchev–Trinajstić information content (AvgIpc) is 2.90. The van der Waals surface area contributed by atoms with E-state index in [4.69, 9.17) is 5.11 Å². The van der Waals surface area contributed by atoms with Crippen LogP contribution in [-0.4, -0.2) is 16.9 Å². The van der Waals surface area contributed by atoms with Crippen molar-refractivity contribution in [3.63, 3.8) is 0 Å². The third-order valence-corrected chi connectivity index (χ3v) is 8.42. The highest BCUT2D eigenvalue weighted by Gasteiger charge is 2.57. The summed E-state index contributed by atoms with van der Waals surface area (Å²) in [5, 5.41) is 9.08. The number of rotatable bonds is 3.